The largest absolute Gasteiger partial charge is 0.496 e. The molecule has 0 saturated carbocycles. The fraction of sp³-hybridized carbons (Fsp3) is 0.235. The van der Waals surface area contributed by atoms with Gasteiger partial charge < -0.3 is 10.5 Å². The van der Waals surface area contributed by atoms with Crippen LogP contribution >= 0.6 is 0 Å². The average molecular weight is 281 g/mol. The number of aryl methyl sites for hydroxylation is 1. The van der Waals surface area contributed by atoms with Crippen LogP contribution in [0, 0.1) is 6.92 Å². The van der Waals surface area contributed by atoms with Gasteiger partial charge in [0.05, 0.1) is 18.5 Å². The first kappa shape index (κ1) is 13.6. The van der Waals surface area contributed by atoms with Crippen LogP contribution in [-0.4, -0.2) is 16.5 Å². The lowest BCUT2D eigenvalue weighted by molar-refractivity contribution is 0.410. The van der Waals surface area contributed by atoms with Gasteiger partial charge in [0.1, 0.15) is 11.4 Å². The number of hydrogen-bond donors (Lipinski definition) is 1. The van der Waals surface area contributed by atoms with Crippen molar-refractivity contribution in [3.63, 3.8) is 0 Å². The molecule has 3 aromatic rings. The Labute approximate surface area is 124 Å². The lowest BCUT2D eigenvalue weighted by Gasteiger charge is -2.08. The molecular weight excluding hydrogens is 262 g/mol. The number of benzene rings is 1. The summed E-state index contributed by atoms with van der Waals surface area (Å²) in [5.74, 6) is 0.884. The highest BCUT2D eigenvalue weighted by molar-refractivity contribution is 5.47. The predicted molar refractivity (Wildman–Crippen MR) is 83.6 cm³/mol. The molecule has 0 amide bonds. The monoisotopic (exact) mass is 281 g/mol. The minimum Gasteiger partial charge on any atom is -0.496 e. The summed E-state index contributed by atoms with van der Waals surface area (Å²) >= 11 is 0. The van der Waals surface area contributed by atoms with Crippen molar-refractivity contribution in [2.24, 2.45) is 5.73 Å². The van der Waals surface area contributed by atoms with Crippen LogP contribution in [0.1, 0.15) is 22.6 Å². The van der Waals surface area contributed by atoms with E-state index < -0.39 is 0 Å². The summed E-state index contributed by atoms with van der Waals surface area (Å²) in [7, 11) is 1.69. The van der Waals surface area contributed by atoms with Crippen LogP contribution < -0.4 is 10.5 Å². The SMILES string of the molecule is COc1ccccc1Cc1nc2cccc(C)n2c1CN. The number of imidazole rings is 1. The zero-order chi connectivity index (χ0) is 14.8. The van der Waals surface area contributed by atoms with Gasteiger partial charge in [0.15, 0.2) is 0 Å². The van der Waals surface area contributed by atoms with Gasteiger partial charge in [-0.05, 0) is 25.1 Å². The molecule has 0 unspecified atom stereocenters. The van der Waals surface area contributed by atoms with E-state index in [1.807, 2.05) is 30.3 Å². The Morgan fingerprint density at radius 1 is 1.14 bits per heavy atom. The molecule has 2 aromatic heterocycles. The first-order valence-corrected chi connectivity index (χ1v) is 7.02. The maximum absolute atomic E-state index is 5.96. The van der Waals surface area contributed by atoms with E-state index in [0.29, 0.717) is 6.54 Å². The lowest BCUT2D eigenvalue weighted by Crippen LogP contribution is -2.06. The summed E-state index contributed by atoms with van der Waals surface area (Å²) in [4.78, 5) is 4.74. The molecule has 0 atom stereocenters. The number of methoxy groups -OCH3 is 1. The van der Waals surface area contributed by atoms with Crippen LogP contribution in [0.25, 0.3) is 5.65 Å². The average Bonchev–Trinajstić information content (AvgIpc) is 2.86. The van der Waals surface area contributed by atoms with E-state index in [1.165, 1.54) is 0 Å². The van der Waals surface area contributed by atoms with E-state index >= 15 is 0 Å². The molecule has 2 N–H and O–H groups in total. The highest BCUT2D eigenvalue weighted by atomic mass is 16.5. The summed E-state index contributed by atoms with van der Waals surface area (Å²) in [6, 6.07) is 14.1. The van der Waals surface area contributed by atoms with Gasteiger partial charge in [0.2, 0.25) is 0 Å². The van der Waals surface area contributed by atoms with Crippen LogP contribution in [0.5, 0.6) is 5.75 Å². The second-order valence-electron chi connectivity index (χ2n) is 5.06. The van der Waals surface area contributed by atoms with Crippen molar-refractivity contribution < 1.29 is 4.74 Å². The molecule has 4 heteroatoms. The second kappa shape index (κ2) is 5.58. The molecule has 0 radical (unpaired) electrons. The summed E-state index contributed by atoms with van der Waals surface area (Å²) in [5.41, 5.74) is 11.2. The number of para-hydroxylation sites is 1. The standard InChI is InChI=1S/C17H19N3O/c1-12-6-5-9-17-19-14(15(11-18)20(12)17)10-13-7-3-4-8-16(13)21-2/h3-9H,10-11,18H2,1-2H3. The number of rotatable bonds is 4. The first-order valence-electron chi connectivity index (χ1n) is 7.02. The first-order chi connectivity index (χ1) is 10.2. The van der Waals surface area contributed by atoms with E-state index in [2.05, 4.69) is 23.5 Å². The summed E-state index contributed by atoms with van der Waals surface area (Å²) in [5, 5.41) is 0. The maximum Gasteiger partial charge on any atom is 0.137 e. The normalized spacial score (nSPS) is 11.0. The Morgan fingerprint density at radius 3 is 2.71 bits per heavy atom. The van der Waals surface area contributed by atoms with E-state index in [0.717, 1.165) is 40.5 Å². The molecule has 0 fully saturated rings. The van der Waals surface area contributed by atoms with E-state index in [-0.39, 0.29) is 0 Å². The zero-order valence-corrected chi connectivity index (χ0v) is 12.3. The topological polar surface area (TPSA) is 52.5 Å². The molecule has 0 bridgehead atoms. The van der Waals surface area contributed by atoms with E-state index in [9.17, 15) is 0 Å². The third-order valence-corrected chi connectivity index (χ3v) is 3.76. The number of nitrogens with zero attached hydrogens (tertiary/aromatic N) is 2. The molecule has 3 rings (SSSR count). The fourth-order valence-corrected chi connectivity index (χ4v) is 2.75. The molecule has 21 heavy (non-hydrogen) atoms. The third kappa shape index (κ3) is 2.38. The predicted octanol–water partition coefficient (Wildman–Crippen LogP) is 2.70. The molecule has 0 aliphatic carbocycles. The van der Waals surface area contributed by atoms with Crippen molar-refractivity contribution in [3.8, 4) is 5.75 Å². The van der Waals surface area contributed by atoms with Crippen molar-refractivity contribution >= 4 is 5.65 Å². The van der Waals surface area contributed by atoms with Gasteiger partial charge in [-0.1, -0.05) is 24.3 Å². The van der Waals surface area contributed by atoms with Crippen molar-refractivity contribution in [1.82, 2.24) is 9.38 Å². The summed E-state index contributed by atoms with van der Waals surface area (Å²) in [6.07, 6.45) is 0.720. The molecule has 4 nitrogen and oxygen atoms in total. The van der Waals surface area contributed by atoms with Crippen molar-refractivity contribution in [3.05, 3.63) is 65.1 Å². The molecule has 0 aliphatic heterocycles. The minimum atomic E-state index is 0.469. The maximum atomic E-state index is 5.96. The molecular formula is C17H19N3O. The van der Waals surface area contributed by atoms with Crippen LogP contribution in [0.2, 0.25) is 0 Å². The summed E-state index contributed by atoms with van der Waals surface area (Å²) in [6.45, 7) is 2.54. The van der Waals surface area contributed by atoms with Crippen LogP contribution in [-0.2, 0) is 13.0 Å². The Morgan fingerprint density at radius 2 is 1.95 bits per heavy atom. The number of nitrogens with two attached hydrogens (primary N) is 1. The van der Waals surface area contributed by atoms with Crippen LogP contribution in [0.4, 0.5) is 0 Å². The van der Waals surface area contributed by atoms with E-state index in [1.54, 1.807) is 7.11 Å². The smallest absolute Gasteiger partial charge is 0.137 e. The molecule has 2 heterocycles. The Hall–Kier alpha value is -2.33. The Kier molecular flexibility index (Phi) is 3.62. The number of fused-ring (bicyclic) bond motifs is 1. The Balaban J connectivity index is 2.10. The summed E-state index contributed by atoms with van der Waals surface area (Å²) < 4.78 is 7.55. The van der Waals surface area contributed by atoms with Gasteiger partial charge >= 0.3 is 0 Å². The minimum absolute atomic E-state index is 0.469. The fourth-order valence-electron chi connectivity index (χ4n) is 2.75. The highest BCUT2D eigenvalue weighted by Gasteiger charge is 2.14. The molecule has 0 saturated heterocycles. The second-order valence-corrected chi connectivity index (χ2v) is 5.06. The number of pyridine rings is 1. The number of ether oxygens (including phenoxy) is 1. The van der Waals surface area contributed by atoms with Gasteiger partial charge in [-0.2, -0.15) is 0 Å². The quantitative estimate of drug-likeness (QED) is 0.800. The van der Waals surface area contributed by atoms with Crippen LogP contribution in [0.3, 0.4) is 0 Å². The zero-order valence-electron chi connectivity index (χ0n) is 12.3. The lowest BCUT2D eigenvalue weighted by atomic mass is 10.1. The van der Waals surface area contributed by atoms with Gasteiger partial charge in [0, 0.05) is 24.2 Å². The third-order valence-electron chi connectivity index (χ3n) is 3.76. The van der Waals surface area contributed by atoms with Gasteiger partial charge in [0.25, 0.3) is 0 Å². The molecule has 108 valence electrons. The van der Waals surface area contributed by atoms with Crippen LogP contribution in [0.15, 0.2) is 42.5 Å². The molecule has 1 aromatic carbocycles. The van der Waals surface area contributed by atoms with E-state index in [4.69, 9.17) is 15.5 Å². The Bertz CT molecular complexity index is 777. The van der Waals surface area contributed by atoms with Crippen molar-refractivity contribution in [2.75, 3.05) is 7.11 Å². The van der Waals surface area contributed by atoms with Gasteiger partial charge in [-0.3, -0.25) is 4.40 Å². The molecule has 0 aliphatic rings. The molecule has 0 spiro atoms. The van der Waals surface area contributed by atoms with Gasteiger partial charge in [-0.15, -0.1) is 0 Å². The number of hydrogen-bond acceptors (Lipinski definition) is 3. The van der Waals surface area contributed by atoms with Crippen molar-refractivity contribution in [2.45, 2.75) is 19.9 Å². The van der Waals surface area contributed by atoms with Crippen molar-refractivity contribution in [1.29, 1.82) is 0 Å². The number of aromatic nitrogens is 2. The highest BCUT2D eigenvalue weighted by Crippen LogP contribution is 2.23. The van der Waals surface area contributed by atoms with Gasteiger partial charge in [-0.25, -0.2) is 4.98 Å².